The van der Waals surface area contributed by atoms with Crippen molar-refractivity contribution in [1.29, 1.82) is 0 Å². The molecule has 0 aromatic carbocycles. The van der Waals surface area contributed by atoms with Gasteiger partial charge in [-0.1, -0.05) is 13.8 Å². The van der Waals surface area contributed by atoms with Crippen molar-refractivity contribution in [2.24, 2.45) is 0 Å². The smallest absolute Gasteiger partial charge is 0.309 e. The maximum atomic E-state index is 12.3. The number of halogens is 1. The van der Waals surface area contributed by atoms with Gasteiger partial charge in [0.1, 0.15) is 0 Å². The molecule has 8 heavy (non-hydrogen) atoms. The quantitative estimate of drug-likeness (QED) is 0.549. The van der Waals surface area contributed by atoms with Crippen LogP contribution in [0.1, 0.15) is 13.8 Å². The molecule has 50 valence electrons. The Kier molecular flexibility index (Phi) is 2.64. The highest BCUT2D eigenvalue weighted by molar-refractivity contribution is 7.54. The monoisotopic (exact) mass is 140 g/mol. The summed E-state index contributed by atoms with van der Waals surface area (Å²) in [5.74, 6) is 0. The number of hydrogen-bond donors (Lipinski definition) is 0. The van der Waals surface area contributed by atoms with Gasteiger partial charge in [-0.25, -0.2) is 0 Å². The lowest BCUT2D eigenvalue weighted by Gasteiger charge is -2.07. The molecule has 0 heterocycles. The fourth-order valence-electron chi connectivity index (χ4n) is 0.211. The summed E-state index contributed by atoms with van der Waals surface area (Å²) in [6.45, 7) is 3.04. The van der Waals surface area contributed by atoms with Gasteiger partial charge in [0.05, 0.1) is 5.66 Å². The molecule has 0 amide bonds. The van der Waals surface area contributed by atoms with E-state index in [2.05, 4.69) is 4.52 Å². The van der Waals surface area contributed by atoms with E-state index in [1.807, 2.05) is 0 Å². The Morgan fingerprint density at radius 3 is 2.00 bits per heavy atom. The molecule has 0 aromatic heterocycles. The summed E-state index contributed by atoms with van der Waals surface area (Å²) in [6, 6.07) is 0. The summed E-state index contributed by atoms with van der Waals surface area (Å²) in [5.41, 5.74) is -0.521. The molecule has 0 aliphatic heterocycles. The third-order valence-corrected chi connectivity index (χ3v) is 2.60. The summed E-state index contributed by atoms with van der Waals surface area (Å²) < 4.78 is 26.8. The van der Waals surface area contributed by atoms with E-state index in [0.29, 0.717) is 0 Å². The molecule has 0 saturated carbocycles. The first-order valence-corrected chi connectivity index (χ1v) is 3.94. The van der Waals surface area contributed by atoms with Crippen molar-refractivity contribution in [2.45, 2.75) is 19.5 Å². The van der Waals surface area contributed by atoms with Crippen LogP contribution < -0.4 is 0 Å². The lowest BCUT2D eigenvalue weighted by atomic mass is 10.6. The van der Waals surface area contributed by atoms with Gasteiger partial charge in [-0.15, -0.1) is 0 Å². The van der Waals surface area contributed by atoms with E-state index in [4.69, 9.17) is 0 Å². The maximum Gasteiger partial charge on any atom is 0.369 e. The zero-order chi connectivity index (χ0) is 6.78. The average molecular weight is 140 g/mol. The molecule has 4 heteroatoms. The fraction of sp³-hybridized carbons (Fsp3) is 1.00. The van der Waals surface area contributed by atoms with Crippen molar-refractivity contribution in [3.05, 3.63) is 0 Å². The summed E-state index contributed by atoms with van der Waals surface area (Å²) in [4.78, 5) is 0. The van der Waals surface area contributed by atoms with Crippen LogP contribution in [0.2, 0.25) is 0 Å². The van der Waals surface area contributed by atoms with E-state index in [9.17, 15) is 8.76 Å². The molecule has 0 radical (unpaired) electrons. The van der Waals surface area contributed by atoms with Crippen LogP contribution in [0.15, 0.2) is 0 Å². The lowest BCUT2D eigenvalue weighted by molar-refractivity contribution is 0.348. The van der Waals surface area contributed by atoms with Gasteiger partial charge < -0.3 is 4.52 Å². The predicted octanol–water partition coefficient (Wildman–Crippen LogP) is 2.20. The standard InChI is InChI=1S/C4H10FO2P/c1-4(2)8(5,6)7-3/h4H,1-3H3. The molecule has 0 spiro atoms. The van der Waals surface area contributed by atoms with Crippen LogP contribution in [0.5, 0.6) is 0 Å². The van der Waals surface area contributed by atoms with Crippen LogP contribution in [-0.4, -0.2) is 12.8 Å². The molecule has 0 aliphatic carbocycles. The van der Waals surface area contributed by atoms with Gasteiger partial charge in [0.25, 0.3) is 0 Å². The second kappa shape index (κ2) is 2.60. The van der Waals surface area contributed by atoms with Crippen molar-refractivity contribution in [2.75, 3.05) is 7.11 Å². The number of rotatable bonds is 2. The Balaban J connectivity index is 3.93. The van der Waals surface area contributed by atoms with E-state index in [1.54, 1.807) is 0 Å². The van der Waals surface area contributed by atoms with Gasteiger partial charge >= 0.3 is 7.68 Å². The third-order valence-electron chi connectivity index (χ3n) is 0.866. The largest absolute Gasteiger partial charge is 0.369 e. The molecule has 0 N–H and O–H groups in total. The summed E-state index contributed by atoms with van der Waals surface area (Å²) in [5, 5.41) is 0. The normalized spacial score (nSPS) is 18.6. The Hall–Kier alpha value is 0.120. The van der Waals surface area contributed by atoms with Crippen LogP contribution in [0, 0.1) is 0 Å². The van der Waals surface area contributed by atoms with Gasteiger partial charge in [-0.2, -0.15) is 4.20 Å². The molecule has 1 atom stereocenters. The van der Waals surface area contributed by atoms with Gasteiger partial charge in [0, 0.05) is 7.11 Å². The highest BCUT2D eigenvalue weighted by atomic mass is 31.2. The average Bonchev–Trinajstić information content (AvgIpc) is 1.67. The van der Waals surface area contributed by atoms with Crippen LogP contribution in [0.4, 0.5) is 4.20 Å². The van der Waals surface area contributed by atoms with Gasteiger partial charge in [0.2, 0.25) is 0 Å². The first-order chi connectivity index (χ1) is 3.50. The van der Waals surface area contributed by atoms with Gasteiger partial charge in [0.15, 0.2) is 0 Å². The zero-order valence-electron chi connectivity index (χ0n) is 5.22. The fourth-order valence-corrected chi connectivity index (χ4v) is 0.632. The van der Waals surface area contributed by atoms with Crippen molar-refractivity contribution in [1.82, 2.24) is 0 Å². The number of hydrogen-bond acceptors (Lipinski definition) is 2. The predicted molar refractivity (Wildman–Crippen MR) is 30.9 cm³/mol. The van der Waals surface area contributed by atoms with Crippen LogP contribution in [-0.2, 0) is 9.09 Å². The lowest BCUT2D eigenvalue weighted by Crippen LogP contribution is -1.93. The Labute approximate surface area is 48.6 Å². The van der Waals surface area contributed by atoms with Crippen molar-refractivity contribution in [3.8, 4) is 0 Å². The molecule has 0 aliphatic rings. The zero-order valence-corrected chi connectivity index (χ0v) is 6.11. The summed E-state index contributed by atoms with van der Waals surface area (Å²) >= 11 is 0. The van der Waals surface area contributed by atoms with E-state index in [-0.39, 0.29) is 0 Å². The van der Waals surface area contributed by atoms with Crippen molar-refractivity contribution < 1.29 is 13.3 Å². The van der Waals surface area contributed by atoms with Gasteiger partial charge in [-0.05, 0) is 0 Å². The summed E-state index contributed by atoms with van der Waals surface area (Å²) in [6.07, 6.45) is 0. The first kappa shape index (κ1) is 8.12. The molecule has 2 nitrogen and oxygen atoms in total. The molecular formula is C4H10FO2P. The summed E-state index contributed by atoms with van der Waals surface area (Å²) in [7, 11) is -2.63. The minimum absolute atomic E-state index is 0.521. The topological polar surface area (TPSA) is 26.3 Å². The second-order valence-electron chi connectivity index (χ2n) is 1.80. The highest BCUT2D eigenvalue weighted by Gasteiger charge is 2.24. The molecule has 0 fully saturated rings. The first-order valence-electron chi connectivity index (χ1n) is 2.36. The molecule has 0 aromatic rings. The molecule has 0 rings (SSSR count). The molecular weight excluding hydrogens is 130 g/mol. The highest BCUT2D eigenvalue weighted by Crippen LogP contribution is 2.52. The molecule has 0 saturated heterocycles. The Morgan fingerprint density at radius 1 is 1.62 bits per heavy atom. The van der Waals surface area contributed by atoms with Crippen molar-refractivity contribution >= 4 is 7.68 Å². The minimum atomic E-state index is -3.75. The van der Waals surface area contributed by atoms with Crippen molar-refractivity contribution in [3.63, 3.8) is 0 Å². The van der Waals surface area contributed by atoms with E-state index < -0.39 is 13.3 Å². The SMILES string of the molecule is COP(=O)(F)C(C)C. The maximum absolute atomic E-state index is 12.3. The molecule has 0 bridgehead atoms. The van der Waals surface area contributed by atoms with Crippen LogP contribution >= 0.6 is 7.68 Å². The van der Waals surface area contributed by atoms with E-state index in [1.165, 1.54) is 13.8 Å². The van der Waals surface area contributed by atoms with E-state index >= 15 is 0 Å². The minimum Gasteiger partial charge on any atom is -0.309 e. The second-order valence-corrected chi connectivity index (χ2v) is 4.24. The van der Waals surface area contributed by atoms with Crippen LogP contribution in [0.3, 0.4) is 0 Å². The molecule has 1 unspecified atom stereocenters. The Morgan fingerprint density at radius 2 is 2.00 bits per heavy atom. The Bertz CT molecular complexity index is 113. The van der Waals surface area contributed by atoms with Crippen LogP contribution in [0.25, 0.3) is 0 Å². The van der Waals surface area contributed by atoms with E-state index in [0.717, 1.165) is 7.11 Å². The van der Waals surface area contributed by atoms with Gasteiger partial charge in [-0.3, -0.25) is 4.57 Å². The third kappa shape index (κ3) is 1.93.